The van der Waals surface area contributed by atoms with Crippen molar-refractivity contribution >= 4 is 30.0 Å². The van der Waals surface area contributed by atoms with Crippen LogP contribution in [0.2, 0.25) is 0 Å². The fourth-order valence-electron chi connectivity index (χ4n) is 4.97. The zero-order chi connectivity index (χ0) is 25.9. The second-order valence-corrected chi connectivity index (χ2v) is 9.28. The normalized spacial score (nSPS) is 22.4. The van der Waals surface area contributed by atoms with Crippen LogP contribution in [-0.2, 0) is 19.2 Å². The van der Waals surface area contributed by atoms with Gasteiger partial charge in [-0.3, -0.25) is 19.2 Å². The van der Waals surface area contributed by atoms with E-state index in [1.54, 1.807) is 13.8 Å². The van der Waals surface area contributed by atoms with Gasteiger partial charge in [-0.05, 0) is 43.2 Å². The van der Waals surface area contributed by atoms with Crippen LogP contribution in [0.4, 0.5) is 4.39 Å². The van der Waals surface area contributed by atoms with Crippen LogP contribution in [0.3, 0.4) is 0 Å². The van der Waals surface area contributed by atoms with Gasteiger partial charge in [0.05, 0.1) is 25.1 Å². The number of aliphatic carboxylic acids is 1. The highest BCUT2D eigenvalue weighted by molar-refractivity contribution is 5.99. The molecule has 3 N–H and O–H groups in total. The summed E-state index contributed by atoms with van der Waals surface area (Å²) in [6.07, 6.45) is 1.78. The van der Waals surface area contributed by atoms with Crippen LogP contribution in [0.25, 0.3) is 0 Å². The number of hydrogen-bond donors (Lipinski definition) is 3. The molecule has 1 aliphatic heterocycles. The minimum absolute atomic E-state index is 0.107. The van der Waals surface area contributed by atoms with Crippen molar-refractivity contribution in [1.29, 1.82) is 0 Å². The number of nitrogens with one attached hydrogen (secondary N) is 2. The number of rotatable bonds is 10. The van der Waals surface area contributed by atoms with Crippen LogP contribution >= 0.6 is 0 Å². The second kappa shape index (κ2) is 10.8. The lowest BCUT2D eigenvalue weighted by Crippen LogP contribution is -2.60. The van der Waals surface area contributed by atoms with Gasteiger partial charge in [0.1, 0.15) is 18.4 Å². The minimum Gasteiger partial charge on any atom is -0.494 e. The molecule has 0 spiro atoms. The van der Waals surface area contributed by atoms with Gasteiger partial charge in [-0.2, -0.15) is 0 Å². The number of carboxylic acids is 1. The van der Waals surface area contributed by atoms with Crippen molar-refractivity contribution in [3.8, 4) is 5.75 Å². The number of carbonyl (C=O) groups excluding carboxylic acids is 4. The van der Waals surface area contributed by atoms with Gasteiger partial charge in [-0.25, -0.2) is 4.39 Å². The van der Waals surface area contributed by atoms with Gasteiger partial charge >= 0.3 is 5.97 Å². The molecule has 2 aliphatic rings. The largest absolute Gasteiger partial charge is 0.494 e. The standard InChI is InChI=1S/C24H30FN3O7/c1-12(2)20(27-22(32)16-5-4-6-17(35-3)19(16)25)24(34)28-15-8-7-13(9-15)21(28)23(33)26-14(11-29)10-18(30)31/h4-6,11-15,20-21H,7-10H2,1-3H3,(H,26,33)(H,27,32)(H,30,31)/t13-,14-,15?,20-,21-/m0/s1. The first-order valence-corrected chi connectivity index (χ1v) is 11.5. The van der Waals surface area contributed by atoms with Gasteiger partial charge in [-0.1, -0.05) is 19.9 Å². The van der Waals surface area contributed by atoms with Gasteiger partial charge in [0.2, 0.25) is 11.8 Å². The second-order valence-electron chi connectivity index (χ2n) is 9.28. The molecular formula is C24H30FN3O7. The van der Waals surface area contributed by atoms with Crippen molar-refractivity contribution in [2.75, 3.05) is 7.11 Å². The van der Waals surface area contributed by atoms with Crippen LogP contribution in [0.15, 0.2) is 18.2 Å². The van der Waals surface area contributed by atoms with E-state index in [0.29, 0.717) is 25.5 Å². The van der Waals surface area contributed by atoms with E-state index in [1.807, 2.05) is 0 Å². The highest BCUT2D eigenvalue weighted by atomic mass is 19.1. The van der Waals surface area contributed by atoms with Gasteiger partial charge in [0.25, 0.3) is 5.91 Å². The molecule has 10 nitrogen and oxygen atoms in total. The van der Waals surface area contributed by atoms with Crippen LogP contribution in [0.1, 0.15) is 49.9 Å². The van der Waals surface area contributed by atoms with Crippen molar-refractivity contribution in [3.63, 3.8) is 0 Å². The van der Waals surface area contributed by atoms with E-state index in [0.717, 1.165) is 0 Å². The van der Waals surface area contributed by atoms with Crippen molar-refractivity contribution in [1.82, 2.24) is 15.5 Å². The predicted molar refractivity (Wildman–Crippen MR) is 121 cm³/mol. The fourth-order valence-corrected chi connectivity index (χ4v) is 4.97. The SMILES string of the molecule is COc1cccc(C(=O)N[C@H](C(=O)N2C3CC[C@@H](C3)[C@H]2C(=O)N[C@H](C=O)CC(=O)O)C(C)C)c1F. The van der Waals surface area contributed by atoms with Gasteiger partial charge in [0.15, 0.2) is 11.6 Å². The van der Waals surface area contributed by atoms with Crippen molar-refractivity contribution < 1.29 is 38.2 Å². The number of likely N-dealkylation sites (tertiary alicyclic amines) is 1. The monoisotopic (exact) mass is 491 g/mol. The molecule has 35 heavy (non-hydrogen) atoms. The zero-order valence-electron chi connectivity index (χ0n) is 19.8. The molecule has 0 aromatic heterocycles. The zero-order valence-corrected chi connectivity index (χ0v) is 19.8. The molecule has 2 bridgehead atoms. The highest BCUT2D eigenvalue weighted by Gasteiger charge is 2.53. The number of methoxy groups -OCH3 is 1. The van der Waals surface area contributed by atoms with Crippen molar-refractivity contribution in [2.45, 2.75) is 63.7 Å². The Morgan fingerprint density at radius 2 is 1.94 bits per heavy atom. The summed E-state index contributed by atoms with van der Waals surface area (Å²) in [7, 11) is 1.28. The smallest absolute Gasteiger partial charge is 0.305 e. The Labute approximate surface area is 202 Å². The number of benzene rings is 1. The third-order valence-electron chi connectivity index (χ3n) is 6.64. The molecule has 1 aromatic rings. The number of aldehydes is 1. The van der Waals surface area contributed by atoms with E-state index in [-0.39, 0.29) is 29.2 Å². The average Bonchev–Trinajstić information content (AvgIpc) is 3.43. The first-order chi connectivity index (χ1) is 16.6. The Bertz CT molecular complexity index is 1010. The Balaban J connectivity index is 1.82. The quantitative estimate of drug-likeness (QED) is 0.417. The molecule has 11 heteroatoms. The molecule has 1 saturated carbocycles. The van der Waals surface area contributed by atoms with E-state index in [2.05, 4.69) is 10.6 Å². The van der Waals surface area contributed by atoms with Crippen molar-refractivity contribution in [2.24, 2.45) is 11.8 Å². The molecule has 1 aromatic carbocycles. The third kappa shape index (κ3) is 5.44. The molecule has 5 atom stereocenters. The molecule has 1 unspecified atom stereocenters. The summed E-state index contributed by atoms with van der Waals surface area (Å²) < 4.78 is 19.5. The summed E-state index contributed by atoms with van der Waals surface area (Å²) in [4.78, 5) is 63.2. The topological polar surface area (TPSA) is 142 Å². The first kappa shape index (κ1) is 26.1. The summed E-state index contributed by atoms with van der Waals surface area (Å²) in [6, 6.07) is 0.761. The lowest BCUT2D eigenvalue weighted by Gasteiger charge is -2.38. The summed E-state index contributed by atoms with van der Waals surface area (Å²) >= 11 is 0. The number of nitrogens with zero attached hydrogens (tertiary/aromatic N) is 1. The Morgan fingerprint density at radius 3 is 2.54 bits per heavy atom. The number of amides is 3. The number of hydrogen-bond acceptors (Lipinski definition) is 6. The van der Waals surface area contributed by atoms with Crippen LogP contribution in [0.5, 0.6) is 5.75 Å². The minimum atomic E-state index is -1.24. The Hall–Kier alpha value is -3.50. The van der Waals surface area contributed by atoms with Gasteiger partial charge < -0.3 is 30.2 Å². The number of carbonyl (C=O) groups is 5. The van der Waals surface area contributed by atoms with E-state index in [4.69, 9.17) is 9.84 Å². The third-order valence-corrected chi connectivity index (χ3v) is 6.64. The van der Waals surface area contributed by atoms with E-state index in [9.17, 15) is 28.4 Å². The number of ether oxygens (including phenoxy) is 1. The number of fused-ring (bicyclic) bond motifs is 2. The first-order valence-electron chi connectivity index (χ1n) is 11.5. The van der Waals surface area contributed by atoms with E-state index in [1.165, 1.54) is 30.2 Å². The van der Waals surface area contributed by atoms with E-state index >= 15 is 0 Å². The Morgan fingerprint density at radius 1 is 1.23 bits per heavy atom. The van der Waals surface area contributed by atoms with Crippen LogP contribution in [-0.4, -0.2) is 71.3 Å². The maximum absolute atomic E-state index is 14.6. The van der Waals surface area contributed by atoms with Gasteiger partial charge in [0, 0.05) is 6.04 Å². The maximum Gasteiger partial charge on any atom is 0.305 e. The molecule has 1 aliphatic carbocycles. The van der Waals surface area contributed by atoms with Crippen molar-refractivity contribution in [3.05, 3.63) is 29.6 Å². The molecule has 1 heterocycles. The number of piperidine rings is 1. The molecule has 0 radical (unpaired) electrons. The fraction of sp³-hybridized carbons (Fsp3) is 0.542. The van der Waals surface area contributed by atoms with Crippen LogP contribution < -0.4 is 15.4 Å². The van der Waals surface area contributed by atoms with Crippen LogP contribution in [0, 0.1) is 17.7 Å². The summed E-state index contributed by atoms with van der Waals surface area (Å²) in [5, 5.41) is 14.0. The molecule has 3 amide bonds. The molecule has 190 valence electrons. The highest BCUT2D eigenvalue weighted by Crippen LogP contribution is 2.43. The average molecular weight is 492 g/mol. The molecule has 2 fully saturated rings. The maximum atomic E-state index is 14.6. The summed E-state index contributed by atoms with van der Waals surface area (Å²) in [5.74, 6) is -4.58. The summed E-state index contributed by atoms with van der Waals surface area (Å²) in [6.45, 7) is 3.45. The number of carboxylic acid groups (broad SMARTS) is 1. The van der Waals surface area contributed by atoms with E-state index < -0.39 is 54.1 Å². The molecular weight excluding hydrogens is 461 g/mol. The number of halogens is 1. The lowest BCUT2D eigenvalue weighted by atomic mass is 9.95. The van der Waals surface area contributed by atoms with Gasteiger partial charge in [-0.15, -0.1) is 0 Å². The molecule has 1 saturated heterocycles. The molecule has 3 rings (SSSR count). The lowest BCUT2D eigenvalue weighted by molar-refractivity contribution is -0.146. The predicted octanol–water partition coefficient (Wildman–Crippen LogP) is 1.13. The summed E-state index contributed by atoms with van der Waals surface area (Å²) in [5.41, 5.74) is -0.275. The Kier molecular flexibility index (Phi) is 8.08.